The summed E-state index contributed by atoms with van der Waals surface area (Å²) < 4.78 is 0. The summed E-state index contributed by atoms with van der Waals surface area (Å²) in [4.78, 5) is 13.4. The number of piperidine rings is 1. The average Bonchev–Trinajstić information content (AvgIpc) is 2.17. The van der Waals surface area contributed by atoms with E-state index in [0.29, 0.717) is 18.8 Å². The standard InChI is InChI=1S/C11H19N3O/c1-4-9(2)13-10(15)14-7-5-11(3,12)6-8-14/h4H,1-2,5-8,12H2,3H3,(H,13,15). The fraction of sp³-hybridized carbons (Fsp3) is 0.545. The Kier molecular flexibility index (Phi) is 3.52. The van der Waals surface area contributed by atoms with Crippen LogP contribution in [0.25, 0.3) is 0 Å². The van der Waals surface area contributed by atoms with Crippen molar-refractivity contribution in [2.75, 3.05) is 13.1 Å². The number of likely N-dealkylation sites (tertiary alicyclic amines) is 1. The van der Waals surface area contributed by atoms with Crippen molar-refractivity contribution in [1.82, 2.24) is 10.2 Å². The summed E-state index contributed by atoms with van der Waals surface area (Å²) in [5.74, 6) is 0. The maximum absolute atomic E-state index is 11.6. The molecule has 1 aliphatic heterocycles. The van der Waals surface area contributed by atoms with Crippen molar-refractivity contribution >= 4 is 6.03 Å². The van der Waals surface area contributed by atoms with Crippen LogP contribution >= 0.6 is 0 Å². The lowest BCUT2D eigenvalue weighted by Gasteiger charge is -2.36. The highest BCUT2D eigenvalue weighted by Crippen LogP contribution is 2.18. The number of rotatable bonds is 2. The lowest BCUT2D eigenvalue weighted by Crippen LogP contribution is -2.52. The number of nitrogens with one attached hydrogen (secondary N) is 1. The third-order valence-corrected chi connectivity index (χ3v) is 2.71. The van der Waals surface area contributed by atoms with Crippen LogP contribution in [-0.2, 0) is 0 Å². The van der Waals surface area contributed by atoms with Gasteiger partial charge >= 0.3 is 6.03 Å². The van der Waals surface area contributed by atoms with Gasteiger partial charge in [0.1, 0.15) is 0 Å². The summed E-state index contributed by atoms with van der Waals surface area (Å²) in [7, 11) is 0. The molecule has 0 bridgehead atoms. The maximum Gasteiger partial charge on any atom is 0.321 e. The van der Waals surface area contributed by atoms with Crippen molar-refractivity contribution in [1.29, 1.82) is 0 Å². The Morgan fingerprint density at radius 1 is 1.53 bits per heavy atom. The molecule has 1 saturated heterocycles. The zero-order valence-corrected chi connectivity index (χ0v) is 9.25. The quantitative estimate of drug-likeness (QED) is 0.672. The molecule has 1 aliphatic rings. The van der Waals surface area contributed by atoms with Crippen LogP contribution in [0.5, 0.6) is 0 Å². The first-order chi connectivity index (χ1) is 6.94. The van der Waals surface area contributed by atoms with Crippen LogP contribution in [0.1, 0.15) is 19.8 Å². The predicted molar refractivity (Wildman–Crippen MR) is 61.3 cm³/mol. The van der Waals surface area contributed by atoms with Gasteiger partial charge in [-0.2, -0.15) is 0 Å². The lowest BCUT2D eigenvalue weighted by molar-refractivity contribution is 0.167. The Bertz CT molecular complexity index is 274. The highest BCUT2D eigenvalue weighted by atomic mass is 16.2. The Balaban J connectivity index is 2.43. The first kappa shape index (κ1) is 11.8. The van der Waals surface area contributed by atoms with E-state index in [2.05, 4.69) is 18.5 Å². The van der Waals surface area contributed by atoms with Crippen molar-refractivity contribution in [3.05, 3.63) is 24.9 Å². The third-order valence-electron chi connectivity index (χ3n) is 2.71. The molecule has 3 N–H and O–H groups in total. The van der Waals surface area contributed by atoms with E-state index in [0.717, 1.165) is 12.8 Å². The lowest BCUT2D eigenvalue weighted by atomic mass is 9.91. The van der Waals surface area contributed by atoms with E-state index >= 15 is 0 Å². The minimum absolute atomic E-state index is 0.115. The minimum Gasteiger partial charge on any atom is -0.325 e. The normalized spacial score (nSPS) is 19.5. The molecule has 0 aromatic heterocycles. The molecule has 2 amide bonds. The summed E-state index contributed by atoms with van der Waals surface area (Å²) in [5, 5.41) is 2.66. The Labute approximate surface area is 90.8 Å². The van der Waals surface area contributed by atoms with Gasteiger partial charge in [0.25, 0.3) is 0 Å². The van der Waals surface area contributed by atoms with Crippen molar-refractivity contribution in [2.24, 2.45) is 5.73 Å². The molecule has 0 radical (unpaired) electrons. The van der Waals surface area contributed by atoms with Gasteiger partial charge in [-0.1, -0.05) is 13.2 Å². The molecule has 84 valence electrons. The van der Waals surface area contributed by atoms with Crippen LogP contribution in [0.15, 0.2) is 24.9 Å². The summed E-state index contributed by atoms with van der Waals surface area (Å²) >= 11 is 0. The van der Waals surface area contributed by atoms with Gasteiger partial charge in [0.15, 0.2) is 0 Å². The Morgan fingerprint density at radius 2 is 2.07 bits per heavy atom. The summed E-state index contributed by atoms with van der Waals surface area (Å²) in [6, 6.07) is -0.115. The molecule has 1 fully saturated rings. The molecule has 0 aromatic carbocycles. The second kappa shape index (κ2) is 4.49. The zero-order valence-electron chi connectivity index (χ0n) is 9.25. The van der Waals surface area contributed by atoms with Gasteiger partial charge in [0.2, 0.25) is 0 Å². The highest BCUT2D eigenvalue weighted by molar-refractivity contribution is 5.76. The van der Waals surface area contributed by atoms with Crippen molar-refractivity contribution < 1.29 is 4.79 Å². The third kappa shape index (κ3) is 3.40. The van der Waals surface area contributed by atoms with E-state index in [9.17, 15) is 4.79 Å². The SMILES string of the molecule is C=CC(=C)NC(=O)N1CCC(C)(N)CC1. The van der Waals surface area contributed by atoms with E-state index in [4.69, 9.17) is 5.73 Å². The second-order valence-corrected chi connectivity index (χ2v) is 4.30. The summed E-state index contributed by atoms with van der Waals surface area (Å²) in [6.45, 7) is 10.6. The monoisotopic (exact) mass is 209 g/mol. The molecule has 4 nitrogen and oxygen atoms in total. The Hall–Kier alpha value is -1.29. The molecule has 1 rings (SSSR count). The number of allylic oxidation sites excluding steroid dienone is 1. The van der Waals surface area contributed by atoms with Crippen molar-refractivity contribution in [2.45, 2.75) is 25.3 Å². The smallest absolute Gasteiger partial charge is 0.321 e. The fourth-order valence-corrected chi connectivity index (χ4v) is 1.49. The van der Waals surface area contributed by atoms with Gasteiger partial charge in [0.05, 0.1) is 0 Å². The van der Waals surface area contributed by atoms with Gasteiger partial charge < -0.3 is 16.0 Å². The van der Waals surface area contributed by atoms with Crippen molar-refractivity contribution in [3.63, 3.8) is 0 Å². The molecule has 0 aliphatic carbocycles. The number of carbonyl (C=O) groups excluding carboxylic acids is 1. The largest absolute Gasteiger partial charge is 0.325 e. The summed E-state index contributed by atoms with van der Waals surface area (Å²) in [5.41, 5.74) is 6.37. The van der Waals surface area contributed by atoms with Crippen LogP contribution in [0.4, 0.5) is 4.79 Å². The van der Waals surface area contributed by atoms with Crippen LogP contribution in [0.3, 0.4) is 0 Å². The number of carbonyl (C=O) groups is 1. The molecule has 0 aromatic rings. The number of urea groups is 1. The van der Waals surface area contributed by atoms with Gasteiger partial charge in [-0.25, -0.2) is 4.79 Å². The van der Waals surface area contributed by atoms with E-state index in [1.54, 1.807) is 4.90 Å². The highest BCUT2D eigenvalue weighted by Gasteiger charge is 2.28. The molecule has 0 atom stereocenters. The molecular weight excluding hydrogens is 190 g/mol. The molecule has 0 unspecified atom stereocenters. The average molecular weight is 209 g/mol. The van der Waals surface area contributed by atoms with Crippen LogP contribution < -0.4 is 11.1 Å². The van der Waals surface area contributed by atoms with Gasteiger partial charge in [0, 0.05) is 24.3 Å². The van der Waals surface area contributed by atoms with Crippen LogP contribution in [-0.4, -0.2) is 29.6 Å². The zero-order chi connectivity index (χ0) is 11.5. The molecule has 15 heavy (non-hydrogen) atoms. The first-order valence-electron chi connectivity index (χ1n) is 5.11. The van der Waals surface area contributed by atoms with Crippen LogP contribution in [0.2, 0.25) is 0 Å². The van der Waals surface area contributed by atoms with Crippen LogP contribution in [0, 0.1) is 0 Å². The van der Waals surface area contributed by atoms with E-state index in [-0.39, 0.29) is 11.6 Å². The minimum atomic E-state index is -0.133. The molecule has 0 spiro atoms. The second-order valence-electron chi connectivity index (χ2n) is 4.30. The van der Waals surface area contributed by atoms with E-state index < -0.39 is 0 Å². The number of amides is 2. The van der Waals surface area contributed by atoms with Gasteiger partial charge in [-0.3, -0.25) is 0 Å². The molecule has 4 heteroatoms. The topological polar surface area (TPSA) is 58.4 Å². The van der Waals surface area contributed by atoms with Crippen molar-refractivity contribution in [3.8, 4) is 0 Å². The number of hydrogen-bond donors (Lipinski definition) is 2. The van der Waals surface area contributed by atoms with E-state index in [1.165, 1.54) is 6.08 Å². The number of nitrogens with zero attached hydrogens (tertiary/aromatic N) is 1. The van der Waals surface area contributed by atoms with E-state index in [1.807, 2.05) is 6.92 Å². The number of hydrogen-bond acceptors (Lipinski definition) is 2. The van der Waals surface area contributed by atoms with Gasteiger partial charge in [-0.05, 0) is 25.8 Å². The number of nitrogens with two attached hydrogens (primary N) is 1. The van der Waals surface area contributed by atoms with Gasteiger partial charge in [-0.15, -0.1) is 0 Å². The molecule has 0 saturated carbocycles. The molecule has 1 heterocycles. The maximum atomic E-state index is 11.6. The predicted octanol–water partition coefficient (Wildman–Crippen LogP) is 1.21. The Morgan fingerprint density at radius 3 is 2.53 bits per heavy atom. The summed E-state index contributed by atoms with van der Waals surface area (Å²) in [6.07, 6.45) is 3.19. The first-order valence-corrected chi connectivity index (χ1v) is 5.11. The fourth-order valence-electron chi connectivity index (χ4n) is 1.49. The molecular formula is C11H19N3O.